The van der Waals surface area contributed by atoms with Crippen molar-refractivity contribution in [2.75, 3.05) is 0 Å². The Hall–Kier alpha value is -2.56. The summed E-state index contributed by atoms with van der Waals surface area (Å²) in [7, 11) is 0. The van der Waals surface area contributed by atoms with Gasteiger partial charge in [-0.3, -0.25) is 14.2 Å². The van der Waals surface area contributed by atoms with Crippen LogP contribution >= 0.6 is 67.8 Å². The number of nitrogens with zero attached hydrogens (tertiary/aromatic N) is 4. The highest BCUT2D eigenvalue weighted by molar-refractivity contribution is 14.1. The summed E-state index contributed by atoms with van der Waals surface area (Å²) in [5.74, 6) is -2.69. The zero-order valence-electron chi connectivity index (χ0n) is 27.2. The predicted octanol–water partition coefficient (Wildman–Crippen LogP) is 9.22. The Kier molecular flexibility index (Phi) is 10.8. The summed E-state index contributed by atoms with van der Waals surface area (Å²) >= 11 is 6.82. The van der Waals surface area contributed by atoms with Gasteiger partial charge in [-0.15, -0.1) is 0 Å². The average Bonchev–Trinajstić information content (AvgIpc) is 3.65. The molecule has 0 spiro atoms. The maximum atomic E-state index is 14.3. The number of aliphatic hydroxyl groups is 1. The maximum absolute atomic E-state index is 14.3. The van der Waals surface area contributed by atoms with Gasteiger partial charge >= 0.3 is 0 Å². The molecule has 4 atom stereocenters. The molecule has 1 aliphatic heterocycles. The van der Waals surface area contributed by atoms with Gasteiger partial charge in [-0.2, -0.15) is 10.2 Å². The molecule has 2 aromatic heterocycles. The number of halogens is 3. The fourth-order valence-electron chi connectivity index (χ4n) is 6.76. The fraction of sp³-hybridized carbons (Fsp3) is 0.289. The first-order valence-electron chi connectivity index (χ1n) is 16.0. The van der Waals surface area contributed by atoms with Gasteiger partial charge in [-0.1, -0.05) is 36.4 Å². The number of aryl methyl sites for hydroxylation is 4. The number of Topliss-reactive ketones (excluding diaryl/α,β-unsaturated/α-hetero) is 1. The predicted molar refractivity (Wildman–Crippen MR) is 214 cm³/mol. The van der Waals surface area contributed by atoms with Crippen LogP contribution in [-0.4, -0.2) is 30.5 Å². The Balaban J connectivity index is 1.63. The number of hydrogen-bond acceptors (Lipinski definition) is 5. The molecule has 0 radical (unpaired) electrons. The molecule has 0 unspecified atom stereocenters. The Bertz CT molecular complexity index is 1950. The van der Waals surface area contributed by atoms with Crippen molar-refractivity contribution in [3.63, 3.8) is 0 Å². The number of carbonyl (C=O) groups is 1. The van der Waals surface area contributed by atoms with Gasteiger partial charge in [0, 0.05) is 82.6 Å². The molecule has 0 bridgehead atoms. The summed E-state index contributed by atoms with van der Waals surface area (Å²) in [5, 5.41) is 23.0. The third kappa shape index (κ3) is 7.17. The first-order chi connectivity index (χ1) is 23.0. The van der Waals surface area contributed by atoms with Crippen LogP contribution in [0, 0.1) is 30.5 Å². The first-order valence-corrected chi connectivity index (χ1v) is 19.3. The Morgan fingerprint density at radius 1 is 0.833 bits per heavy atom. The lowest BCUT2D eigenvalue weighted by atomic mass is 9.66. The molecule has 0 fully saturated rings. The van der Waals surface area contributed by atoms with Crippen molar-refractivity contribution in [3.8, 4) is 0 Å². The highest BCUT2D eigenvalue weighted by atomic mass is 127. The molecule has 3 heterocycles. The number of carbonyl (C=O) groups excluding carboxylic acids is 1. The molecule has 10 heteroatoms. The van der Waals surface area contributed by atoms with Crippen LogP contribution < -0.4 is 0 Å². The zero-order chi connectivity index (χ0) is 34.2. The van der Waals surface area contributed by atoms with Gasteiger partial charge < -0.3 is 9.84 Å². The molecule has 6 rings (SSSR count). The van der Waals surface area contributed by atoms with Gasteiger partial charge in [0.1, 0.15) is 5.76 Å². The van der Waals surface area contributed by atoms with Crippen LogP contribution in [0.25, 0.3) is 5.76 Å². The Morgan fingerprint density at radius 3 is 1.94 bits per heavy atom. The summed E-state index contributed by atoms with van der Waals surface area (Å²) < 4.78 is 13.9. The Labute approximate surface area is 322 Å². The smallest absolute Gasteiger partial charge is 0.239 e. The van der Waals surface area contributed by atoms with Gasteiger partial charge in [0.15, 0.2) is 5.78 Å². The maximum Gasteiger partial charge on any atom is 0.239 e. The summed E-state index contributed by atoms with van der Waals surface area (Å²) in [6.07, 6.45) is 6.39. The number of allylic oxidation sites excluding steroid dienone is 1. The van der Waals surface area contributed by atoms with Crippen molar-refractivity contribution in [2.24, 2.45) is 5.92 Å². The number of aromatic nitrogens is 4. The summed E-state index contributed by atoms with van der Waals surface area (Å²) in [5.41, 5.74) is 5.74. The molecule has 3 aromatic carbocycles. The van der Waals surface area contributed by atoms with E-state index in [2.05, 4.69) is 93.9 Å². The second-order valence-corrected chi connectivity index (χ2v) is 15.9. The third-order valence-electron chi connectivity index (χ3n) is 9.20. The zero-order valence-corrected chi connectivity index (χ0v) is 33.7. The quantitative estimate of drug-likeness (QED) is 0.112. The van der Waals surface area contributed by atoms with E-state index in [0.29, 0.717) is 30.0 Å². The molecule has 0 saturated heterocycles. The molecular formula is C38H37I3N4O3. The highest BCUT2D eigenvalue weighted by Crippen LogP contribution is 2.55. The minimum absolute atomic E-state index is 0.00264. The van der Waals surface area contributed by atoms with Crippen LogP contribution in [0.3, 0.4) is 0 Å². The van der Waals surface area contributed by atoms with Crippen molar-refractivity contribution in [3.05, 3.63) is 141 Å². The van der Waals surface area contributed by atoms with E-state index in [4.69, 9.17) is 14.9 Å². The number of ketones is 1. The molecule has 7 nitrogen and oxygen atoms in total. The van der Waals surface area contributed by atoms with Crippen LogP contribution in [0.5, 0.6) is 0 Å². The molecule has 0 saturated carbocycles. The molecule has 48 heavy (non-hydrogen) atoms. The largest absolute Gasteiger partial charge is 0.458 e. The van der Waals surface area contributed by atoms with E-state index in [-0.39, 0.29) is 18.1 Å². The van der Waals surface area contributed by atoms with E-state index in [1.807, 2.05) is 102 Å². The normalized spacial score (nSPS) is 19.9. The highest BCUT2D eigenvalue weighted by Gasteiger charge is 2.54. The minimum Gasteiger partial charge on any atom is -0.458 e. The van der Waals surface area contributed by atoms with Crippen molar-refractivity contribution in [2.45, 2.75) is 64.8 Å². The van der Waals surface area contributed by atoms with Gasteiger partial charge in [0.05, 0.1) is 11.4 Å². The minimum atomic E-state index is -1.82. The molecule has 5 aromatic rings. The standard InChI is InChI=1S/C38H37I3N4O3/c1-5-44-21-33(23(3)42-44)31(19-35(46)25-7-13-28(39)14-8-25)37-32(34-22-45(6-2)43-24(34)4)20-36(26-9-15-29(40)16-10-26)48-38(37,47)27-11-17-30(41)18-12-27/h7-18,20-22,31-32,37,47H,5-6,19H2,1-4H3/t31-,32+,37+,38+/m0/s1. The lowest BCUT2D eigenvalue weighted by Crippen LogP contribution is -2.46. The van der Waals surface area contributed by atoms with Gasteiger partial charge in [-0.25, -0.2) is 0 Å². The fourth-order valence-corrected chi connectivity index (χ4v) is 7.84. The van der Waals surface area contributed by atoms with Gasteiger partial charge in [0.25, 0.3) is 0 Å². The summed E-state index contributed by atoms with van der Waals surface area (Å²) in [4.78, 5) is 14.3. The van der Waals surface area contributed by atoms with Crippen molar-refractivity contribution >= 4 is 79.3 Å². The van der Waals surface area contributed by atoms with E-state index in [0.717, 1.165) is 38.8 Å². The number of rotatable bonds is 10. The van der Waals surface area contributed by atoms with Crippen molar-refractivity contribution in [1.82, 2.24) is 19.6 Å². The topological polar surface area (TPSA) is 82.2 Å². The lowest BCUT2D eigenvalue weighted by Gasteiger charge is -2.47. The van der Waals surface area contributed by atoms with E-state index in [1.165, 1.54) is 0 Å². The SMILES string of the molecule is CCn1cc([C@H]2C=C(c3ccc(I)cc3)O[C@](O)(c3ccc(I)cc3)[C@@H]2[C@@H](CC(=O)c2ccc(I)cc2)c2cn(CC)nc2C)c(C)n1. The monoisotopic (exact) mass is 978 g/mol. The molecule has 248 valence electrons. The van der Waals surface area contributed by atoms with Crippen LogP contribution in [0.1, 0.15) is 76.1 Å². The first kappa shape index (κ1) is 35.3. The van der Waals surface area contributed by atoms with Gasteiger partial charge in [-0.05, 0) is 144 Å². The van der Waals surface area contributed by atoms with E-state index in [1.54, 1.807) is 0 Å². The average molecular weight is 978 g/mol. The van der Waals surface area contributed by atoms with E-state index < -0.39 is 17.6 Å². The number of ether oxygens (including phenoxy) is 1. The van der Waals surface area contributed by atoms with Crippen LogP contribution in [0.4, 0.5) is 0 Å². The van der Waals surface area contributed by atoms with Gasteiger partial charge in [0.2, 0.25) is 5.79 Å². The third-order valence-corrected chi connectivity index (χ3v) is 11.4. The molecule has 1 N–H and O–H groups in total. The Morgan fingerprint density at radius 2 is 1.38 bits per heavy atom. The molecular weight excluding hydrogens is 941 g/mol. The second-order valence-electron chi connectivity index (χ2n) is 12.2. The second kappa shape index (κ2) is 14.7. The van der Waals surface area contributed by atoms with E-state index >= 15 is 0 Å². The van der Waals surface area contributed by atoms with Crippen LogP contribution in [-0.2, 0) is 23.6 Å². The van der Waals surface area contributed by atoms with Crippen LogP contribution in [0.2, 0.25) is 0 Å². The molecule has 0 aliphatic carbocycles. The summed E-state index contributed by atoms with van der Waals surface area (Å²) in [6.45, 7) is 9.51. The summed E-state index contributed by atoms with van der Waals surface area (Å²) in [6, 6.07) is 23.6. The van der Waals surface area contributed by atoms with Crippen LogP contribution in [0.15, 0.2) is 91.3 Å². The molecule has 0 amide bonds. The molecule has 1 aliphatic rings. The van der Waals surface area contributed by atoms with Crippen molar-refractivity contribution in [1.29, 1.82) is 0 Å². The lowest BCUT2D eigenvalue weighted by molar-refractivity contribution is -0.221. The number of hydrogen-bond donors (Lipinski definition) is 1. The van der Waals surface area contributed by atoms with Crippen molar-refractivity contribution < 1.29 is 14.6 Å². The van der Waals surface area contributed by atoms with E-state index in [9.17, 15) is 9.90 Å². The number of benzene rings is 3.